The third-order valence-corrected chi connectivity index (χ3v) is 4.67. The lowest BCUT2D eigenvalue weighted by Crippen LogP contribution is -2.21. The Kier molecular flexibility index (Phi) is 7.72. The van der Waals surface area contributed by atoms with E-state index in [-0.39, 0.29) is 23.8 Å². The maximum atomic E-state index is 12.3. The van der Waals surface area contributed by atoms with Crippen molar-refractivity contribution in [2.24, 2.45) is 5.10 Å². The number of nitrogens with zero attached hydrogens (tertiary/aromatic N) is 2. The predicted molar refractivity (Wildman–Crippen MR) is 125 cm³/mol. The Morgan fingerprint density at radius 1 is 1.12 bits per heavy atom. The van der Waals surface area contributed by atoms with E-state index < -0.39 is 10.8 Å². The quantitative estimate of drug-likeness (QED) is 0.290. The number of benzene rings is 3. The molecule has 10 heteroatoms. The second-order valence-electron chi connectivity index (χ2n) is 6.84. The molecule has 0 heterocycles. The smallest absolute Gasteiger partial charge is 0.271 e. The molecule has 3 aromatic carbocycles. The van der Waals surface area contributed by atoms with Crippen LogP contribution in [0, 0.1) is 17.0 Å². The third-order valence-electron chi connectivity index (χ3n) is 4.44. The van der Waals surface area contributed by atoms with Gasteiger partial charge in [-0.25, -0.2) is 5.43 Å². The summed E-state index contributed by atoms with van der Waals surface area (Å²) in [5, 5.41) is 17.9. The highest BCUT2D eigenvalue weighted by molar-refractivity contribution is 6.30. The van der Waals surface area contributed by atoms with Gasteiger partial charge in [-0.2, -0.15) is 5.10 Å². The Morgan fingerprint density at radius 2 is 1.91 bits per heavy atom. The lowest BCUT2D eigenvalue weighted by atomic mass is 10.2. The van der Waals surface area contributed by atoms with E-state index in [9.17, 15) is 19.7 Å². The van der Waals surface area contributed by atoms with E-state index in [1.165, 1.54) is 24.4 Å². The van der Waals surface area contributed by atoms with Gasteiger partial charge < -0.3 is 10.1 Å². The lowest BCUT2D eigenvalue weighted by molar-refractivity contribution is -0.384. The summed E-state index contributed by atoms with van der Waals surface area (Å²) in [7, 11) is 0. The molecule has 0 aliphatic carbocycles. The number of aryl methyl sites for hydroxylation is 1. The molecule has 0 aromatic heterocycles. The fourth-order valence-corrected chi connectivity index (χ4v) is 2.96. The highest BCUT2D eigenvalue weighted by Crippen LogP contribution is 2.22. The molecular formula is C23H19ClN4O5. The average molecular weight is 467 g/mol. The van der Waals surface area contributed by atoms with Crippen LogP contribution in [0.3, 0.4) is 0 Å². The first-order valence-corrected chi connectivity index (χ1v) is 10.1. The molecule has 0 aliphatic rings. The predicted octanol–water partition coefficient (Wildman–Crippen LogP) is 4.34. The molecular weight excluding hydrogens is 448 g/mol. The summed E-state index contributed by atoms with van der Waals surface area (Å²) in [4.78, 5) is 34.7. The number of carbonyl (C=O) groups excluding carboxylic acids is 2. The van der Waals surface area contributed by atoms with Gasteiger partial charge in [-0.15, -0.1) is 0 Å². The minimum Gasteiger partial charge on any atom is -0.483 e. The number of nitrogens with one attached hydrogen (secondary N) is 2. The molecule has 0 unspecified atom stereocenters. The van der Waals surface area contributed by atoms with E-state index in [1.807, 2.05) is 25.1 Å². The van der Waals surface area contributed by atoms with Crippen LogP contribution in [0.15, 0.2) is 71.8 Å². The van der Waals surface area contributed by atoms with E-state index in [1.54, 1.807) is 24.3 Å². The second kappa shape index (κ2) is 10.9. The monoisotopic (exact) mass is 466 g/mol. The van der Waals surface area contributed by atoms with Gasteiger partial charge in [0.15, 0.2) is 6.61 Å². The van der Waals surface area contributed by atoms with Gasteiger partial charge in [0.25, 0.3) is 17.5 Å². The molecule has 0 fully saturated rings. The third kappa shape index (κ3) is 6.62. The van der Waals surface area contributed by atoms with Crippen molar-refractivity contribution in [2.45, 2.75) is 6.92 Å². The lowest BCUT2D eigenvalue weighted by Gasteiger charge is -2.11. The molecule has 0 aliphatic heterocycles. The molecule has 0 saturated heterocycles. The van der Waals surface area contributed by atoms with Crippen molar-refractivity contribution in [3.63, 3.8) is 0 Å². The largest absolute Gasteiger partial charge is 0.483 e. The first-order chi connectivity index (χ1) is 15.8. The van der Waals surface area contributed by atoms with Gasteiger partial charge in [0, 0.05) is 34.0 Å². The van der Waals surface area contributed by atoms with Gasteiger partial charge in [-0.05, 0) is 42.8 Å². The van der Waals surface area contributed by atoms with Gasteiger partial charge in [-0.3, -0.25) is 19.7 Å². The molecule has 2 amide bonds. The van der Waals surface area contributed by atoms with Crippen LogP contribution in [0.5, 0.6) is 5.75 Å². The maximum absolute atomic E-state index is 12.3. The fourth-order valence-electron chi connectivity index (χ4n) is 2.78. The van der Waals surface area contributed by atoms with E-state index >= 15 is 0 Å². The topological polar surface area (TPSA) is 123 Å². The van der Waals surface area contributed by atoms with Crippen molar-refractivity contribution in [1.29, 1.82) is 0 Å². The van der Waals surface area contributed by atoms with E-state index in [2.05, 4.69) is 15.8 Å². The number of rotatable bonds is 8. The highest BCUT2D eigenvalue weighted by Gasteiger charge is 2.11. The van der Waals surface area contributed by atoms with Gasteiger partial charge >= 0.3 is 0 Å². The van der Waals surface area contributed by atoms with Crippen LogP contribution in [-0.2, 0) is 4.79 Å². The first-order valence-electron chi connectivity index (χ1n) is 9.69. The summed E-state index contributed by atoms with van der Waals surface area (Å²) in [5.41, 5.74) is 4.20. The number of amides is 2. The number of nitro benzene ring substituents is 1. The average Bonchev–Trinajstić information content (AvgIpc) is 2.80. The molecule has 9 nitrogen and oxygen atoms in total. The van der Waals surface area contributed by atoms with Crippen LogP contribution >= 0.6 is 11.6 Å². The molecule has 168 valence electrons. The summed E-state index contributed by atoms with van der Waals surface area (Å²) >= 11 is 6.04. The normalized spacial score (nSPS) is 10.6. The maximum Gasteiger partial charge on any atom is 0.271 e. The Labute approximate surface area is 194 Å². The number of para-hydroxylation sites is 1. The van der Waals surface area contributed by atoms with Crippen molar-refractivity contribution < 1.29 is 19.2 Å². The second-order valence-corrected chi connectivity index (χ2v) is 7.28. The molecule has 0 radical (unpaired) electrons. The number of nitro groups is 1. The summed E-state index contributed by atoms with van der Waals surface area (Å²) in [6, 6.07) is 17.3. The molecule has 3 rings (SSSR count). The fraction of sp³-hybridized carbons (Fsp3) is 0.0870. The summed E-state index contributed by atoms with van der Waals surface area (Å²) in [5.74, 6) is -0.647. The van der Waals surface area contributed by atoms with Crippen molar-refractivity contribution in [2.75, 3.05) is 11.9 Å². The number of hydrogen-bond acceptors (Lipinski definition) is 6. The number of anilines is 1. The number of halogens is 1. The number of ether oxygens (including phenoxy) is 1. The van der Waals surface area contributed by atoms with Gasteiger partial charge in [0.05, 0.1) is 11.1 Å². The minimum atomic E-state index is -0.628. The zero-order valence-corrected chi connectivity index (χ0v) is 18.2. The van der Waals surface area contributed by atoms with E-state index in [0.29, 0.717) is 22.0 Å². The zero-order valence-electron chi connectivity index (χ0n) is 17.4. The zero-order chi connectivity index (χ0) is 23.8. The van der Waals surface area contributed by atoms with Crippen LogP contribution in [0.25, 0.3) is 0 Å². The van der Waals surface area contributed by atoms with Crippen LogP contribution in [-0.4, -0.2) is 29.6 Å². The Hall–Kier alpha value is -4.24. The van der Waals surface area contributed by atoms with Crippen LogP contribution in [0.4, 0.5) is 11.4 Å². The van der Waals surface area contributed by atoms with E-state index in [0.717, 1.165) is 11.6 Å². The summed E-state index contributed by atoms with van der Waals surface area (Å²) < 4.78 is 5.60. The van der Waals surface area contributed by atoms with Crippen molar-refractivity contribution in [3.8, 4) is 5.75 Å². The summed E-state index contributed by atoms with van der Waals surface area (Å²) in [6.07, 6.45) is 1.30. The number of hydrazone groups is 1. The number of non-ortho nitro benzene ring substituents is 1. The van der Waals surface area contributed by atoms with Gasteiger partial charge in [0.1, 0.15) is 5.75 Å². The standard InChI is InChI=1S/C23H19ClN4O5/c1-15-5-2-3-8-20(15)26-22(29)14-33-21-10-9-18(24)11-17(21)13-25-27-23(30)16-6-4-7-19(12-16)28(31)32/h2-13H,14H2,1H3,(H,26,29)(H,27,30)/b25-13+. The van der Waals surface area contributed by atoms with Crippen LogP contribution in [0.1, 0.15) is 21.5 Å². The Bertz CT molecular complexity index is 1230. The molecule has 0 atom stereocenters. The molecule has 0 spiro atoms. The highest BCUT2D eigenvalue weighted by atomic mass is 35.5. The van der Waals surface area contributed by atoms with Crippen molar-refractivity contribution >= 4 is 41.0 Å². The van der Waals surface area contributed by atoms with Crippen molar-refractivity contribution in [3.05, 3.63) is 98.6 Å². The molecule has 0 bridgehead atoms. The van der Waals surface area contributed by atoms with Crippen LogP contribution in [0.2, 0.25) is 5.02 Å². The molecule has 3 aromatic rings. The van der Waals surface area contributed by atoms with Gasteiger partial charge in [0.2, 0.25) is 0 Å². The number of carbonyl (C=O) groups is 2. The Morgan fingerprint density at radius 3 is 2.67 bits per heavy atom. The molecule has 33 heavy (non-hydrogen) atoms. The van der Waals surface area contributed by atoms with Crippen LogP contribution < -0.4 is 15.5 Å². The van der Waals surface area contributed by atoms with Crippen molar-refractivity contribution in [1.82, 2.24) is 5.43 Å². The number of hydrogen-bond donors (Lipinski definition) is 2. The van der Waals surface area contributed by atoms with Gasteiger partial charge in [-0.1, -0.05) is 35.9 Å². The minimum absolute atomic E-state index is 0.0804. The molecule has 2 N–H and O–H groups in total. The Balaban J connectivity index is 1.64. The first kappa shape index (κ1) is 23.4. The van der Waals surface area contributed by atoms with E-state index in [4.69, 9.17) is 16.3 Å². The summed E-state index contributed by atoms with van der Waals surface area (Å²) in [6.45, 7) is 1.63. The molecule has 0 saturated carbocycles. The SMILES string of the molecule is Cc1ccccc1NC(=O)COc1ccc(Cl)cc1/C=N/NC(=O)c1cccc([N+](=O)[O-])c1.